The number of anilines is 2. The number of sulfonamides is 2. The number of fused-ring (bicyclic) bond motifs is 2. The van der Waals surface area contributed by atoms with E-state index in [9.17, 15) is 26.4 Å². The summed E-state index contributed by atoms with van der Waals surface area (Å²) < 4.78 is 66.3. The Balaban J connectivity index is 0.000000149. The number of pyridine rings is 4. The minimum absolute atomic E-state index is 0.0264. The number of hydrogen-bond acceptors (Lipinski definition) is 16. The van der Waals surface area contributed by atoms with Crippen LogP contribution in [0.3, 0.4) is 0 Å². The zero-order valence-electron chi connectivity index (χ0n) is 54.1. The molecule has 0 bridgehead atoms. The summed E-state index contributed by atoms with van der Waals surface area (Å²) in [6.07, 6.45) is 29.0. The lowest BCUT2D eigenvalue weighted by atomic mass is 9.89. The number of carbonyl (C=O) groups excluding carboxylic acids is 1. The minimum Gasteiger partial charge on any atom is -0.478 e. The number of nitrogens with one attached hydrogen (secondary N) is 3. The van der Waals surface area contributed by atoms with Crippen LogP contribution in [-0.4, -0.2) is 99.6 Å². The SMILES string of the molecule is Cc1ccc(NCCC[C@@H]2CCC(C)(C)C2)nc1S(=O)(=O)NC(=O)c1ccc(-n2ccc(OCCC3C4(CC4)C34CC4)n2)nc1Cl.Cc1ccc(NCCC[C@@H]2CCC(C)(C)C2)nc1S(N)(=O)=O.O=C(O)c1ccc(-n2ccc(OCCC3C4(CC4)C34CC4)n2)nc1Cl. The molecule has 14 rings (SSSR count). The van der Waals surface area contributed by atoms with Crippen molar-refractivity contribution >= 4 is 66.8 Å². The zero-order chi connectivity index (χ0) is 65.9. The van der Waals surface area contributed by atoms with Crippen molar-refractivity contribution in [1.29, 1.82) is 0 Å². The first-order chi connectivity index (χ1) is 44.1. The molecule has 6 aromatic rings. The summed E-state index contributed by atoms with van der Waals surface area (Å²) in [6.45, 7) is 15.5. The molecule has 8 saturated carbocycles. The Labute approximate surface area is 556 Å². The number of aryl methyl sites for hydroxylation is 2. The van der Waals surface area contributed by atoms with Crippen molar-refractivity contribution in [3.8, 4) is 23.4 Å². The highest BCUT2D eigenvalue weighted by molar-refractivity contribution is 7.90. The first-order valence-electron chi connectivity index (χ1n) is 33.1. The van der Waals surface area contributed by atoms with Crippen molar-refractivity contribution in [3.63, 3.8) is 0 Å². The van der Waals surface area contributed by atoms with Gasteiger partial charge >= 0.3 is 5.97 Å². The fourth-order valence-corrected chi connectivity index (χ4v) is 19.0. The van der Waals surface area contributed by atoms with Gasteiger partial charge in [-0.05, 0) is 246 Å². The van der Waals surface area contributed by atoms with Crippen LogP contribution in [0.4, 0.5) is 11.6 Å². The van der Waals surface area contributed by atoms with E-state index in [2.05, 4.69) is 73.2 Å². The van der Waals surface area contributed by atoms with Crippen molar-refractivity contribution in [2.75, 3.05) is 36.9 Å². The zero-order valence-corrected chi connectivity index (χ0v) is 57.3. The summed E-state index contributed by atoms with van der Waals surface area (Å²) in [5.74, 6) is 4.15. The average Bonchev–Trinajstić information content (AvgIpc) is 1.46. The molecule has 21 nitrogen and oxygen atoms in total. The largest absolute Gasteiger partial charge is 0.478 e. The van der Waals surface area contributed by atoms with Crippen LogP contribution >= 0.6 is 23.2 Å². The first kappa shape index (κ1) is 66.6. The molecule has 1 amide bonds. The maximum absolute atomic E-state index is 13.3. The second-order valence-electron chi connectivity index (χ2n) is 29.3. The van der Waals surface area contributed by atoms with Gasteiger partial charge in [-0.3, -0.25) is 4.79 Å². The molecule has 2 atom stereocenters. The molecular formula is C68H88Cl2N12O9S2. The summed E-state index contributed by atoms with van der Waals surface area (Å²) in [4.78, 5) is 40.9. The fourth-order valence-electron chi connectivity index (χ4n) is 16.6. The molecule has 0 aliphatic heterocycles. The lowest BCUT2D eigenvalue weighted by molar-refractivity contribution is 0.0696. The minimum atomic E-state index is -4.28. The van der Waals surface area contributed by atoms with Gasteiger partial charge in [0.2, 0.25) is 11.8 Å². The number of aromatic carboxylic acids is 1. The number of halogens is 2. The van der Waals surface area contributed by atoms with Crippen LogP contribution in [0.15, 0.2) is 83.1 Å². The van der Waals surface area contributed by atoms with Crippen LogP contribution in [0.5, 0.6) is 11.8 Å². The molecule has 8 fully saturated rings. The number of carboxylic acids is 1. The molecule has 6 N–H and O–H groups in total. The average molecular weight is 1350 g/mol. The molecule has 6 heterocycles. The van der Waals surface area contributed by atoms with E-state index in [1.165, 1.54) is 118 Å². The van der Waals surface area contributed by atoms with Crippen molar-refractivity contribution in [3.05, 3.63) is 106 Å². The molecule has 6 aromatic heterocycles. The van der Waals surface area contributed by atoms with E-state index in [-0.39, 0.29) is 31.5 Å². The number of ether oxygens (including phenoxy) is 2. The molecule has 0 saturated heterocycles. The Morgan fingerprint density at radius 2 is 1.00 bits per heavy atom. The van der Waals surface area contributed by atoms with Gasteiger partial charge in [0, 0.05) is 37.6 Å². The Bertz CT molecular complexity index is 3990. The summed E-state index contributed by atoms with van der Waals surface area (Å²) in [5.41, 5.74) is 4.56. The molecule has 0 unspecified atom stereocenters. The number of amides is 1. The van der Waals surface area contributed by atoms with Gasteiger partial charge in [-0.1, -0.05) is 63.0 Å². The molecule has 4 spiro atoms. The third-order valence-corrected chi connectivity index (χ3v) is 24.8. The Morgan fingerprint density at radius 1 is 0.581 bits per heavy atom. The normalized spacial score (nSPS) is 21.5. The molecule has 8 aliphatic rings. The summed E-state index contributed by atoms with van der Waals surface area (Å²) >= 11 is 12.3. The Hall–Kier alpha value is -6.40. The van der Waals surface area contributed by atoms with E-state index >= 15 is 0 Å². The number of carboxylic acid groups (broad SMARTS) is 1. The van der Waals surface area contributed by atoms with Gasteiger partial charge in [-0.25, -0.2) is 52.4 Å². The maximum atomic E-state index is 13.3. The molecule has 25 heteroatoms. The van der Waals surface area contributed by atoms with Crippen LogP contribution in [0, 0.1) is 70.0 Å². The monoisotopic (exact) mass is 1350 g/mol. The van der Waals surface area contributed by atoms with Gasteiger partial charge in [0.1, 0.15) is 21.9 Å². The predicted molar refractivity (Wildman–Crippen MR) is 355 cm³/mol. The number of nitrogens with zero attached hydrogens (tertiary/aromatic N) is 8. The number of carbonyl (C=O) groups is 2. The highest BCUT2D eigenvalue weighted by atomic mass is 35.5. The van der Waals surface area contributed by atoms with Gasteiger partial charge in [0.25, 0.3) is 26.0 Å². The van der Waals surface area contributed by atoms with Gasteiger partial charge in [0.15, 0.2) is 21.7 Å². The van der Waals surface area contributed by atoms with E-state index in [0.717, 1.165) is 62.3 Å². The second kappa shape index (κ2) is 25.6. The summed E-state index contributed by atoms with van der Waals surface area (Å²) in [6, 6.07) is 16.5. The van der Waals surface area contributed by atoms with E-state index in [0.29, 0.717) is 98.4 Å². The van der Waals surface area contributed by atoms with E-state index < -0.39 is 31.9 Å². The number of nitrogens with two attached hydrogens (primary N) is 1. The highest BCUT2D eigenvalue weighted by Gasteiger charge is 2.86. The van der Waals surface area contributed by atoms with Crippen molar-refractivity contribution in [2.45, 2.75) is 180 Å². The fraction of sp³-hybridized carbons (Fsp3) is 0.588. The van der Waals surface area contributed by atoms with Crippen molar-refractivity contribution < 1.29 is 41.0 Å². The smallest absolute Gasteiger partial charge is 0.338 e. The van der Waals surface area contributed by atoms with Crippen molar-refractivity contribution in [2.24, 2.45) is 61.3 Å². The molecule has 0 aromatic carbocycles. The van der Waals surface area contributed by atoms with Crippen LogP contribution in [-0.2, 0) is 20.0 Å². The number of hydrogen-bond donors (Lipinski definition) is 5. The number of rotatable bonds is 25. The van der Waals surface area contributed by atoms with Gasteiger partial charge in [-0.15, -0.1) is 10.2 Å². The maximum Gasteiger partial charge on any atom is 0.338 e. The quantitative estimate of drug-likeness (QED) is 0.0263. The van der Waals surface area contributed by atoms with Crippen molar-refractivity contribution in [1.82, 2.24) is 44.2 Å². The molecule has 8 aliphatic carbocycles. The lowest BCUT2D eigenvalue weighted by Gasteiger charge is -2.17. The first-order valence-corrected chi connectivity index (χ1v) is 36.9. The Morgan fingerprint density at radius 3 is 1.39 bits per heavy atom. The Kier molecular flexibility index (Phi) is 18.4. The second-order valence-corrected chi connectivity index (χ2v) is 33.1. The molecular weight excluding hydrogens is 1260 g/mol. The van der Waals surface area contributed by atoms with Gasteiger partial charge in [0.05, 0.1) is 24.3 Å². The number of primary sulfonamides is 1. The standard InChI is InChI=1S/C34H43ClN6O4S.C18H18ClN3O3.C16H27N3O2S/c1-22-6-8-26(36-18-4-5-23-10-13-32(2,3)21-23)37-31(22)46(43,44)40-30(42)24-7-9-27(38-29(24)35)41-19-11-28(39-41)45-20-12-25-33(14-15-33)34(25)16-17-34;19-15-11(16(23)24)1-2-13(20-15)22-9-3-14(21-22)25-10-4-12-17(5-6-17)18(12)7-8-18;1-12-6-7-14(19-15(12)22(17,20)21)18-10-4-5-13-8-9-16(2,3)11-13/h6-9,11,19,23,25H,4-5,10,12-18,20-21H2,1-3H3,(H,36,37)(H,40,42);1-3,9,12H,4-8,10H2,(H,23,24);6-7,13H,4-5,8-11H2,1-3H3,(H,18,19)(H2,17,20,21)/t23-;;13-/m1.1/s1. The highest BCUT2D eigenvalue weighted by Crippen LogP contribution is 2.94. The molecule has 0 radical (unpaired) electrons. The predicted octanol–water partition coefficient (Wildman–Crippen LogP) is 13.4. The topological polar surface area (TPSA) is 290 Å². The lowest BCUT2D eigenvalue weighted by Crippen LogP contribution is -2.32. The third kappa shape index (κ3) is 14.6. The summed E-state index contributed by atoms with van der Waals surface area (Å²) in [5, 5.41) is 28.9. The van der Waals surface area contributed by atoms with E-state index in [1.807, 2.05) is 0 Å². The molecule has 500 valence electrons. The van der Waals surface area contributed by atoms with Crippen LogP contribution in [0.25, 0.3) is 11.6 Å². The molecule has 93 heavy (non-hydrogen) atoms. The number of aromatic nitrogens is 8. The van der Waals surface area contributed by atoms with E-state index in [1.54, 1.807) is 74.8 Å². The van der Waals surface area contributed by atoms with Crippen LogP contribution in [0.1, 0.15) is 188 Å². The summed E-state index contributed by atoms with van der Waals surface area (Å²) in [7, 11) is -8.05. The van der Waals surface area contributed by atoms with Gasteiger partial charge < -0.3 is 25.2 Å². The van der Waals surface area contributed by atoms with Crippen LogP contribution in [0.2, 0.25) is 10.3 Å². The van der Waals surface area contributed by atoms with Gasteiger partial charge in [-0.2, -0.15) is 8.42 Å². The van der Waals surface area contributed by atoms with E-state index in [4.69, 9.17) is 42.9 Å². The third-order valence-electron chi connectivity index (χ3n) is 21.9. The van der Waals surface area contributed by atoms with Crippen LogP contribution < -0.4 is 30.0 Å².